The molecule has 2 rings (SSSR count). The van der Waals surface area contributed by atoms with Crippen molar-refractivity contribution in [2.75, 3.05) is 11.9 Å². The Bertz CT molecular complexity index is 825. The van der Waals surface area contributed by atoms with Crippen LogP contribution < -0.4 is 10.1 Å². The number of rotatable bonds is 6. The van der Waals surface area contributed by atoms with Gasteiger partial charge in [-0.1, -0.05) is 0 Å². The minimum absolute atomic E-state index is 0.0377. The zero-order valence-corrected chi connectivity index (χ0v) is 15.1. The smallest absolute Gasteiger partial charge is 0.434 e. The van der Waals surface area contributed by atoms with Crippen LogP contribution in [0, 0.1) is 10.1 Å². The molecule has 1 aromatic heterocycles. The third-order valence-corrected chi connectivity index (χ3v) is 4.00. The second kappa shape index (κ2) is 7.50. The summed E-state index contributed by atoms with van der Waals surface area (Å²) in [5.41, 5.74) is -1.24. The molecule has 0 bridgehead atoms. The lowest BCUT2D eigenvalue weighted by atomic mass is 10.2. The molecule has 0 radical (unpaired) electrons. The SMILES string of the molecule is CC(CO)Nc1cc(Oc2nn(C)c(C(F)(F)F)c2Br)ccc1[N+](=O)[O-]. The molecule has 1 unspecified atom stereocenters. The number of aliphatic hydroxyl groups excluding tert-OH is 1. The maximum absolute atomic E-state index is 13.0. The second-order valence-corrected chi connectivity index (χ2v) is 6.15. The summed E-state index contributed by atoms with van der Waals surface area (Å²) >= 11 is 2.82. The lowest BCUT2D eigenvalue weighted by molar-refractivity contribution is -0.384. The fraction of sp³-hybridized carbons (Fsp3) is 0.357. The second-order valence-electron chi connectivity index (χ2n) is 5.36. The van der Waals surface area contributed by atoms with Gasteiger partial charge in [0.1, 0.15) is 15.9 Å². The number of halogens is 4. The van der Waals surface area contributed by atoms with Crippen LogP contribution in [0.1, 0.15) is 12.6 Å². The molecule has 2 aromatic rings. The van der Waals surface area contributed by atoms with E-state index in [1.54, 1.807) is 6.92 Å². The van der Waals surface area contributed by atoms with E-state index in [2.05, 4.69) is 26.3 Å². The largest absolute Gasteiger partial charge is 0.437 e. The molecule has 0 spiro atoms. The lowest BCUT2D eigenvalue weighted by Gasteiger charge is -2.13. The third kappa shape index (κ3) is 4.25. The molecular formula is C14H14BrF3N4O4. The van der Waals surface area contributed by atoms with Crippen molar-refractivity contribution in [1.29, 1.82) is 0 Å². The van der Waals surface area contributed by atoms with Gasteiger partial charge >= 0.3 is 6.18 Å². The van der Waals surface area contributed by atoms with Gasteiger partial charge in [0.05, 0.1) is 11.5 Å². The van der Waals surface area contributed by atoms with Gasteiger partial charge in [0, 0.05) is 25.2 Å². The van der Waals surface area contributed by atoms with Crippen LogP contribution in [0.25, 0.3) is 0 Å². The van der Waals surface area contributed by atoms with E-state index < -0.39 is 22.8 Å². The highest BCUT2D eigenvalue weighted by atomic mass is 79.9. The Hall–Kier alpha value is -2.34. The molecule has 0 amide bonds. The molecule has 8 nitrogen and oxygen atoms in total. The number of nitrogens with zero attached hydrogens (tertiary/aromatic N) is 3. The molecule has 0 aliphatic rings. The number of anilines is 1. The summed E-state index contributed by atoms with van der Waals surface area (Å²) in [4.78, 5) is 10.5. The highest BCUT2D eigenvalue weighted by molar-refractivity contribution is 9.10. The van der Waals surface area contributed by atoms with Crippen molar-refractivity contribution in [3.05, 3.63) is 38.5 Å². The van der Waals surface area contributed by atoms with Crippen LogP contribution in [0.5, 0.6) is 11.6 Å². The third-order valence-electron chi connectivity index (χ3n) is 3.28. The van der Waals surface area contributed by atoms with Crippen molar-refractivity contribution in [2.45, 2.75) is 19.1 Å². The van der Waals surface area contributed by atoms with Gasteiger partial charge in [-0.05, 0) is 28.9 Å². The summed E-state index contributed by atoms with van der Waals surface area (Å²) in [7, 11) is 1.12. The average molecular weight is 439 g/mol. The fourth-order valence-corrected chi connectivity index (χ4v) is 2.76. The predicted molar refractivity (Wildman–Crippen MR) is 89.3 cm³/mol. The van der Waals surface area contributed by atoms with Gasteiger partial charge < -0.3 is 15.2 Å². The Balaban J connectivity index is 2.39. The molecule has 0 saturated carbocycles. The maximum atomic E-state index is 13.0. The van der Waals surface area contributed by atoms with Crippen LogP contribution >= 0.6 is 15.9 Å². The lowest BCUT2D eigenvalue weighted by Crippen LogP contribution is -2.19. The van der Waals surface area contributed by atoms with Gasteiger partial charge in [-0.25, -0.2) is 0 Å². The van der Waals surface area contributed by atoms with Crippen molar-refractivity contribution >= 4 is 27.3 Å². The molecule has 0 aliphatic heterocycles. The monoisotopic (exact) mass is 438 g/mol. The average Bonchev–Trinajstić information content (AvgIpc) is 2.80. The molecule has 26 heavy (non-hydrogen) atoms. The molecule has 1 atom stereocenters. The molecule has 0 fully saturated rings. The highest BCUT2D eigenvalue weighted by Gasteiger charge is 2.39. The van der Waals surface area contributed by atoms with E-state index >= 15 is 0 Å². The van der Waals surface area contributed by atoms with Crippen molar-refractivity contribution in [3.8, 4) is 11.6 Å². The minimum Gasteiger partial charge on any atom is -0.437 e. The van der Waals surface area contributed by atoms with Gasteiger partial charge in [0.15, 0.2) is 5.69 Å². The number of alkyl halides is 3. The van der Waals surface area contributed by atoms with E-state index in [1.807, 2.05) is 0 Å². The van der Waals surface area contributed by atoms with E-state index in [-0.39, 0.29) is 34.1 Å². The molecule has 0 aliphatic carbocycles. The van der Waals surface area contributed by atoms with Crippen LogP contribution in [0.2, 0.25) is 0 Å². The summed E-state index contributed by atoms with van der Waals surface area (Å²) in [6.45, 7) is 1.32. The van der Waals surface area contributed by atoms with Gasteiger partial charge in [-0.3, -0.25) is 14.8 Å². The number of aliphatic hydroxyl groups is 1. The number of hydrogen-bond acceptors (Lipinski definition) is 6. The van der Waals surface area contributed by atoms with E-state index in [4.69, 9.17) is 9.84 Å². The summed E-state index contributed by atoms with van der Waals surface area (Å²) in [5.74, 6) is -0.300. The first-order valence-electron chi connectivity index (χ1n) is 7.18. The first-order chi connectivity index (χ1) is 12.0. The normalized spacial score (nSPS) is 12.7. The van der Waals surface area contributed by atoms with E-state index in [0.717, 1.165) is 13.1 Å². The predicted octanol–water partition coefficient (Wildman–Crippen LogP) is 3.69. The quantitative estimate of drug-likeness (QED) is 0.526. The Morgan fingerprint density at radius 1 is 1.50 bits per heavy atom. The molecular weight excluding hydrogens is 425 g/mol. The van der Waals surface area contributed by atoms with Crippen molar-refractivity contribution in [1.82, 2.24) is 9.78 Å². The molecule has 0 saturated heterocycles. The number of ether oxygens (including phenoxy) is 1. The van der Waals surface area contributed by atoms with E-state index in [1.165, 1.54) is 12.1 Å². The van der Waals surface area contributed by atoms with Crippen LogP contribution in [-0.4, -0.2) is 32.5 Å². The Kier molecular flexibility index (Phi) is 5.76. The van der Waals surface area contributed by atoms with Gasteiger partial charge in [-0.2, -0.15) is 13.2 Å². The number of benzene rings is 1. The Morgan fingerprint density at radius 2 is 2.15 bits per heavy atom. The molecule has 12 heteroatoms. The van der Waals surface area contributed by atoms with Crippen molar-refractivity contribution < 1.29 is 27.9 Å². The Labute approximate surface area is 153 Å². The fourth-order valence-electron chi connectivity index (χ4n) is 2.12. The number of aromatic nitrogens is 2. The van der Waals surface area contributed by atoms with Crippen LogP contribution in [0.3, 0.4) is 0 Å². The minimum atomic E-state index is -4.64. The zero-order valence-electron chi connectivity index (χ0n) is 13.5. The summed E-state index contributed by atoms with van der Waals surface area (Å²) < 4.78 is 44.6. The molecule has 1 heterocycles. The number of nitrogens with one attached hydrogen (secondary N) is 1. The van der Waals surface area contributed by atoms with Crippen LogP contribution in [-0.2, 0) is 13.2 Å². The number of nitro benzene ring substituents is 1. The highest BCUT2D eigenvalue weighted by Crippen LogP contribution is 2.41. The van der Waals surface area contributed by atoms with Gasteiger partial charge in [0.2, 0.25) is 0 Å². The topological polar surface area (TPSA) is 102 Å². The number of aryl methyl sites for hydroxylation is 1. The first-order valence-corrected chi connectivity index (χ1v) is 7.97. The van der Waals surface area contributed by atoms with Gasteiger partial charge in [-0.15, -0.1) is 5.10 Å². The maximum Gasteiger partial charge on any atom is 0.434 e. The number of nitro groups is 1. The summed E-state index contributed by atoms with van der Waals surface area (Å²) in [6, 6.07) is 3.14. The first kappa shape index (κ1) is 20.0. The molecule has 142 valence electrons. The Morgan fingerprint density at radius 3 is 2.65 bits per heavy atom. The van der Waals surface area contributed by atoms with E-state index in [0.29, 0.717) is 4.68 Å². The van der Waals surface area contributed by atoms with Crippen molar-refractivity contribution in [3.63, 3.8) is 0 Å². The standard InChI is InChI=1S/C14H14BrF3N4O4/c1-7(6-23)19-9-5-8(3-4-10(9)22(24)25)26-13-11(15)12(14(16,17)18)21(2)20-13/h3-5,7,19,23H,6H2,1-2H3. The van der Waals surface area contributed by atoms with Crippen molar-refractivity contribution in [2.24, 2.45) is 7.05 Å². The zero-order chi connectivity index (χ0) is 19.6. The summed E-state index contributed by atoms with van der Waals surface area (Å²) in [6.07, 6.45) is -4.64. The molecule has 2 N–H and O–H groups in total. The molecule has 1 aromatic carbocycles. The van der Waals surface area contributed by atoms with E-state index in [9.17, 15) is 23.3 Å². The summed E-state index contributed by atoms with van der Waals surface area (Å²) in [5, 5.41) is 26.6. The number of hydrogen-bond donors (Lipinski definition) is 2. The van der Waals surface area contributed by atoms with Crippen LogP contribution in [0.15, 0.2) is 22.7 Å². The van der Waals surface area contributed by atoms with Gasteiger partial charge in [0.25, 0.3) is 11.6 Å². The van der Waals surface area contributed by atoms with Crippen LogP contribution in [0.4, 0.5) is 24.5 Å².